The third-order valence-corrected chi connectivity index (χ3v) is 4.35. The van der Waals surface area contributed by atoms with Gasteiger partial charge >= 0.3 is 5.97 Å². The maximum Gasteiger partial charge on any atom is 0.306 e. The van der Waals surface area contributed by atoms with Crippen molar-refractivity contribution in [1.82, 2.24) is 4.90 Å². The Labute approximate surface area is 149 Å². The fraction of sp³-hybridized carbons (Fsp3) is 0.312. The number of carbonyl (C=O) groups excluding carboxylic acids is 1. The van der Waals surface area contributed by atoms with E-state index in [-0.39, 0.29) is 5.57 Å². The van der Waals surface area contributed by atoms with Crippen molar-refractivity contribution in [3.05, 3.63) is 40.0 Å². The van der Waals surface area contributed by atoms with Gasteiger partial charge in [0.15, 0.2) is 0 Å². The van der Waals surface area contributed by atoms with Crippen LogP contribution in [0.4, 0.5) is 5.69 Å². The molecule has 1 fully saturated rings. The molecule has 8 heteroatoms. The molecule has 1 amide bonds. The molecule has 2 N–H and O–H groups in total. The minimum Gasteiger partial charge on any atom is -0.481 e. The molecule has 0 unspecified atom stereocenters. The van der Waals surface area contributed by atoms with Crippen molar-refractivity contribution in [3.63, 3.8) is 0 Å². The first-order chi connectivity index (χ1) is 11.4. The zero-order valence-corrected chi connectivity index (χ0v) is 14.1. The Hall–Kier alpha value is -2.23. The van der Waals surface area contributed by atoms with Crippen LogP contribution in [-0.2, 0) is 9.59 Å². The minimum atomic E-state index is -0.851. The highest BCUT2D eigenvalue weighted by atomic mass is 35.5. The first-order valence-electron chi connectivity index (χ1n) is 7.26. The molecule has 0 atom stereocenters. The summed E-state index contributed by atoms with van der Waals surface area (Å²) < 4.78 is 0. The van der Waals surface area contributed by atoms with Crippen LogP contribution < -0.4 is 5.32 Å². The van der Waals surface area contributed by atoms with Crippen LogP contribution in [0.15, 0.2) is 30.0 Å². The van der Waals surface area contributed by atoms with Gasteiger partial charge < -0.3 is 15.3 Å². The number of carboxylic acids is 1. The van der Waals surface area contributed by atoms with E-state index in [1.807, 2.05) is 6.07 Å². The molecule has 6 nitrogen and oxygen atoms in total. The van der Waals surface area contributed by atoms with Crippen molar-refractivity contribution in [3.8, 4) is 6.07 Å². The Bertz CT molecular complexity index is 720. The lowest BCUT2D eigenvalue weighted by atomic mass is 9.97. The average Bonchev–Trinajstić information content (AvgIpc) is 2.58. The maximum absolute atomic E-state index is 12.4. The Morgan fingerprint density at radius 2 is 2.00 bits per heavy atom. The number of hydrogen-bond acceptors (Lipinski definition) is 4. The van der Waals surface area contributed by atoms with Crippen LogP contribution >= 0.6 is 23.2 Å². The topological polar surface area (TPSA) is 93.4 Å². The molecule has 1 heterocycles. The highest BCUT2D eigenvalue weighted by Crippen LogP contribution is 2.26. The van der Waals surface area contributed by atoms with E-state index in [0.29, 0.717) is 41.7 Å². The SMILES string of the molecule is N#C/C(=C/Nc1cc(Cl)ccc1Cl)C(=O)N1CCC(C(=O)O)CC1. The van der Waals surface area contributed by atoms with E-state index in [1.54, 1.807) is 18.2 Å². The lowest BCUT2D eigenvalue weighted by Gasteiger charge is -2.29. The standard InChI is InChI=1S/C16H15Cl2N3O3/c17-12-1-2-13(18)14(7-12)20-9-11(8-19)15(22)21-5-3-10(4-6-21)16(23)24/h1-2,7,9-10,20H,3-6H2,(H,23,24)/b11-9-. The van der Waals surface area contributed by atoms with Gasteiger partial charge in [-0.2, -0.15) is 5.26 Å². The van der Waals surface area contributed by atoms with Crippen LogP contribution in [0.1, 0.15) is 12.8 Å². The van der Waals surface area contributed by atoms with Gasteiger partial charge in [0.1, 0.15) is 11.6 Å². The second-order valence-electron chi connectivity index (χ2n) is 5.34. The predicted octanol–water partition coefficient (Wildman–Crippen LogP) is 3.14. The molecule has 24 heavy (non-hydrogen) atoms. The minimum absolute atomic E-state index is 0.0835. The van der Waals surface area contributed by atoms with Crippen molar-refractivity contribution >= 4 is 40.8 Å². The number of carboxylic acid groups (broad SMARTS) is 1. The molecule has 0 radical (unpaired) electrons. The third kappa shape index (κ3) is 4.40. The number of amides is 1. The van der Waals surface area contributed by atoms with E-state index in [4.69, 9.17) is 28.3 Å². The van der Waals surface area contributed by atoms with Gasteiger partial charge in [0.25, 0.3) is 5.91 Å². The molecule has 1 saturated heterocycles. The van der Waals surface area contributed by atoms with Crippen LogP contribution in [0, 0.1) is 17.2 Å². The largest absolute Gasteiger partial charge is 0.481 e. The zero-order chi connectivity index (χ0) is 17.7. The van der Waals surface area contributed by atoms with Crippen molar-refractivity contribution in [2.45, 2.75) is 12.8 Å². The number of anilines is 1. The second kappa shape index (κ2) is 8.04. The van der Waals surface area contributed by atoms with Crippen LogP contribution in [0.3, 0.4) is 0 Å². The normalized spacial score (nSPS) is 15.7. The summed E-state index contributed by atoms with van der Waals surface area (Å²) in [6, 6.07) is 6.66. The first-order valence-corrected chi connectivity index (χ1v) is 8.02. The Morgan fingerprint density at radius 3 is 2.58 bits per heavy atom. The van der Waals surface area contributed by atoms with Gasteiger partial charge in [-0.05, 0) is 31.0 Å². The quantitative estimate of drug-likeness (QED) is 0.629. The number of hydrogen-bond donors (Lipinski definition) is 2. The third-order valence-electron chi connectivity index (χ3n) is 3.78. The summed E-state index contributed by atoms with van der Waals surface area (Å²) in [5.41, 5.74) is 0.397. The predicted molar refractivity (Wildman–Crippen MR) is 90.7 cm³/mol. The highest BCUT2D eigenvalue weighted by molar-refractivity contribution is 6.35. The van der Waals surface area contributed by atoms with Crippen LogP contribution in [-0.4, -0.2) is 35.0 Å². The fourth-order valence-electron chi connectivity index (χ4n) is 2.40. The fourth-order valence-corrected chi connectivity index (χ4v) is 2.74. The number of nitriles is 1. The number of benzene rings is 1. The molecule has 1 aliphatic heterocycles. The number of piperidine rings is 1. The molecule has 0 bridgehead atoms. The highest BCUT2D eigenvalue weighted by Gasteiger charge is 2.28. The van der Waals surface area contributed by atoms with E-state index in [9.17, 15) is 14.9 Å². The van der Waals surface area contributed by atoms with Gasteiger partial charge in [-0.25, -0.2) is 0 Å². The van der Waals surface area contributed by atoms with Crippen molar-refractivity contribution < 1.29 is 14.7 Å². The average molecular weight is 368 g/mol. The van der Waals surface area contributed by atoms with Gasteiger partial charge in [0.05, 0.1) is 16.6 Å². The van der Waals surface area contributed by atoms with Gasteiger partial charge in [-0.1, -0.05) is 23.2 Å². The molecule has 0 aliphatic carbocycles. The Morgan fingerprint density at radius 1 is 1.33 bits per heavy atom. The molecule has 1 aliphatic rings. The van der Waals surface area contributed by atoms with Crippen molar-refractivity contribution in [2.24, 2.45) is 5.92 Å². The summed E-state index contributed by atoms with van der Waals surface area (Å²) in [6.07, 6.45) is 2.05. The molecule has 1 aromatic carbocycles. The van der Waals surface area contributed by atoms with Crippen molar-refractivity contribution in [1.29, 1.82) is 5.26 Å². The first kappa shape index (κ1) is 18.1. The monoisotopic (exact) mass is 367 g/mol. The lowest BCUT2D eigenvalue weighted by Crippen LogP contribution is -2.40. The summed E-state index contributed by atoms with van der Waals surface area (Å²) in [5.74, 6) is -1.73. The lowest BCUT2D eigenvalue weighted by molar-refractivity contribution is -0.145. The van der Waals surface area contributed by atoms with E-state index in [1.165, 1.54) is 11.1 Å². The summed E-state index contributed by atoms with van der Waals surface area (Å²) in [7, 11) is 0. The molecule has 0 aromatic heterocycles. The molecular weight excluding hydrogens is 353 g/mol. The molecule has 0 saturated carbocycles. The number of carbonyl (C=O) groups is 2. The summed E-state index contributed by atoms with van der Waals surface area (Å²) in [6.45, 7) is 0.624. The molecule has 126 valence electrons. The number of rotatable bonds is 4. The Kier molecular flexibility index (Phi) is 6.07. The molecule has 2 rings (SSSR count). The van der Waals surface area contributed by atoms with E-state index in [2.05, 4.69) is 5.32 Å². The van der Waals surface area contributed by atoms with Gasteiger partial charge in [-0.3, -0.25) is 9.59 Å². The number of nitrogens with one attached hydrogen (secondary N) is 1. The van der Waals surface area contributed by atoms with E-state index < -0.39 is 17.8 Å². The molecule has 1 aromatic rings. The number of halogens is 2. The zero-order valence-electron chi connectivity index (χ0n) is 12.6. The van der Waals surface area contributed by atoms with Crippen LogP contribution in [0.25, 0.3) is 0 Å². The van der Waals surface area contributed by atoms with Gasteiger partial charge in [0, 0.05) is 24.3 Å². The van der Waals surface area contributed by atoms with Crippen LogP contribution in [0.2, 0.25) is 10.0 Å². The molecular formula is C16H15Cl2N3O3. The summed E-state index contributed by atoms with van der Waals surface area (Å²) in [4.78, 5) is 24.8. The Balaban J connectivity index is 2.05. The van der Waals surface area contributed by atoms with Gasteiger partial charge in [-0.15, -0.1) is 0 Å². The summed E-state index contributed by atoms with van der Waals surface area (Å²) in [5, 5.41) is 21.9. The smallest absolute Gasteiger partial charge is 0.306 e. The number of aliphatic carboxylic acids is 1. The maximum atomic E-state index is 12.4. The number of likely N-dealkylation sites (tertiary alicyclic amines) is 1. The molecule has 0 spiro atoms. The van der Waals surface area contributed by atoms with Crippen molar-refractivity contribution in [2.75, 3.05) is 18.4 Å². The van der Waals surface area contributed by atoms with Gasteiger partial charge in [0.2, 0.25) is 0 Å². The summed E-state index contributed by atoms with van der Waals surface area (Å²) >= 11 is 11.9. The second-order valence-corrected chi connectivity index (χ2v) is 6.19. The van der Waals surface area contributed by atoms with E-state index >= 15 is 0 Å². The number of nitrogens with zero attached hydrogens (tertiary/aromatic N) is 2. The van der Waals surface area contributed by atoms with Crippen LogP contribution in [0.5, 0.6) is 0 Å². The van der Waals surface area contributed by atoms with E-state index in [0.717, 1.165) is 0 Å².